The van der Waals surface area contributed by atoms with Gasteiger partial charge in [-0.05, 0) is 22.9 Å². The van der Waals surface area contributed by atoms with Crippen LogP contribution in [-0.2, 0) is 11.3 Å². The minimum Gasteiger partial charge on any atom is -0.374 e. The standard InChI is InChI=1S/C9H19N5OS/c1-8(2)6-10-4-5-14-9(11-12-13-14)16-7-15-3/h8,10H,4-7H2,1-3H3. The second kappa shape index (κ2) is 7.59. The smallest absolute Gasteiger partial charge is 0.211 e. The van der Waals surface area contributed by atoms with E-state index >= 15 is 0 Å². The molecular formula is C9H19N5OS. The van der Waals surface area contributed by atoms with Crippen LogP contribution in [0.3, 0.4) is 0 Å². The fourth-order valence-corrected chi connectivity index (χ4v) is 1.72. The van der Waals surface area contributed by atoms with Crippen LogP contribution < -0.4 is 5.32 Å². The van der Waals surface area contributed by atoms with Crippen molar-refractivity contribution in [2.75, 3.05) is 26.1 Å². The Labute approximate surface area is 100 Å². The van der Waals surface area contributed by atoms with Gasteiger partial charge in [0.2, 0.25) is 5.16 Å². The van der Waals surface area contributed by atoms with E-state index in [9.17, 15) is 0 Å². The van der Waals surface area contributed by atoms with Gasteiger partial charge in [-0.3, -0.25) is 0 Å². The normalized spacial score (nSPS) is 11.2. The lowest BCUT2D eigenvalue weighted by Gasteiger charge is -2.07. The van der Waals surface area contributed by atoms with E-state index in [2.05, 4.69) is 34.7 Å². The third-order valence-corrected chi connectivity index (χ3v) is 2.76. The van der Waals surface area contributed by atoms with Crippen LogP contribution in [0.4, 0.5) is 0 Å². The van der Waals surface area contributed by atoms with Crippen molar-refractivity contribution >= 4 is 11.8 Å². The van der Waals surface area contributed by atoms with Gasteiger partial charge >= 0.3 is 0 Å². The fraction of sp³-hybridized carbons (Fsp3) is 0.889. The molecule has 0 atom stereocenters. The highest BCUT2D eigenvalue weighted by molar-refractivity contribution is 7.99. The maximum atomic E-state index is 4.97. The van der Waals surface area contributed by atoms with Gasteiger partial charge in [0.1, 0.15) is 0 Å². The molecule has 7 heteroatoms. The number of hydrogen-bond acceptors (Lipinski definition) is 6. The largest absolute Gasteiger partial charge is 0.374 e. The Hall–Kier alpha value is -0.660. The predicted molar refractivity (Wildman–Crippen MR) is 63.3 cm³/mol. The van der Waals surface area contributed by atoms with Crippen molar-refractivity contribution in [1.29, 1.82) is 0 Å². The molecule has 0 fully saturated rings. The highest BCUT2D eigenvalue weighted by Gasteiger charge is 2.05. The van der Waals surface area contributed by atoms with E-state index < -0.39 is 0 Å². The number of ether oxygens (including phenoxy) is 1. The highest BCUT2D eigenvalue weighted by Crippen LogP contribution is 2.12. The van der Waals surface area contributed by atoms with Gasteiger partial charge in [0.05, 0.1) is 12.5 Å². The van der Waals surface area contributed by atoms with E-state index in [0.29, 0.717) is 11.9 Å². The van der Waals surface area contributed by atoms with Crippen LogP contribution in [0.5, 0.6) is 0 Å². The minimum atomic E-state index is 0.569. The number of rotatable bonds is 8. The molecule has 0 aliphatic heterocycles. The van der Waals surface area contributed by atoms with Crippen molar-refractivity contribution in [3.63, 3.8) is 0 Å². The number of aromatic nitrogens is 4. The third-order valence-electron chi connectivity index (χ3n) is 1.86. The fourth-order valence-electron chi connectivity index (χ4n) is 1.13. The lowest BCUT2D eigenvalue weighted by molar-refractivity contribution is 0.258. The summed E-state index contributed by atoms with van der Waals surface area (Å²) in [6.07, 6.45) is 0. The summed E-state index contributed by atoms with van der Waals surface area (Å²) >= 11 is 1.49. The first-order valence-corrected chi connectivity index (χ1v) is 6.31. The van der Waals surface area contributed by atoms with Gasteiger partial charge in [0.25, 0.3) is 0 Å². The van der Waals surface area contributed by atoms with Crippen molar-refractivity contribution in [3.05, 3.63) is 0 Å². The Kier molecular flexibility index (Phi) is 6.36. The summed E-state index contributed by atoms with van der Waals surface area (Å²) in [7, 11) is 1.66. The SMILES string of the molecule is COCSc1nnnn1CCNCC(C)C. The van der Waals surface area contributed by atoms with Crippen molar-refractivity contribution in [1.82, 2.24) is 25.5 Å². The molecule has 92 valence electrons. The van der Waals surface area contributed by atoms with Crippen molar-refractivity contribution in [3.8, 4) is 0 Å². The second-order valence-electron chi connectivity index (χ2n) is 3.83. The molecule has 0 amide bonds. The van der Waals surface area contributed by atoms with Gasteiger partial charge < -0.3 is 10.1 Å². The summed E-state index contributed by atoms with van der Waals surface area (Å²) in [6, 6.07) is 0. The zero-order valence-corrected chi connectivity index (χ0v) is 10.8. The first-order chi connectivity index (χ1) is 7.74. The topological polar surface area (TPSA) is 64.9 Å². The van der Waals surface area contributed by atoms with E-state index in [1.807, 2.05) is 0 Å². The zero-order valence-electron chi connectivity index (χ0n) is 10.0. The number of tetrazole rings is 1. The number of hydrogen-bond donors (Lipinski definition) is 1. The van der Waals surface area contributed by atoms with Crippen LogP contribution in [0.1, 0.15) is 13.8 Å². The van der Waals surface area contributed by atoms with Crippen LogP contribution in [0, 0.1) is 5.92 Å². The molecule has 0 spiro atoms. The highest BCUT2D eigenvalue weighted by atomic mass is 32.2. The first kappa shape index (κ1) is 13.4. The molecule has 0 saturated heterocycles. The van der Waals surface area contributed by atoms with Crippen molar-refractivity contribution in [2.24, 2.45) is 5.92 Å². The van der Waals surface area contributed by atoms with Crippen LogP contribution in [-0.4, -0.2) is 46.3 Å². The molecule has 0 aliphatic carbocycles. The number of nitrogens with zero attached hydrogens (tertiary/aromatic N) is 4. The molecule has 1 heterocycles. The molecule has 0 aromatic carbocycles. The van der Waals surface area contributed by atoms with Crippen molar-refractivity contribution in [2.45, 2.75) is 25.5 Å². The summed E-state index contributed by atoms with van der Waals surface area (Å²) in [6.45, 7) is 7.05. The summed E-state index contributed by atoms with van der Waals surface area (Å²) in [5, 5.41) is 15.6. The van der Waals surface area contributed by atoms with Crippen LogP contribution in [0.25, 0.3) is 0 Å². The minimum absolute atomic E-state index is 0.569. The first-order valence-electron chi connectivity index (χ1n) is 5.32. The average Bonchev–Trinajstić information content (AvgIpc) is 2.69. The molecule has 1 aromatic heterocycles. The molecule has 1 rings (SSSR count). The molecule has 0 unspecified atom stereocenters. The second-order valence-corrected chi connectivity index (χ2v) is 4.72. The average molecular weight is 245 g/mol. The Morgan fingerprint density at radius 3 is 3.00 bits per heavy atom. The number of methoxy groups -OCH3 is 1. The van der Waals surface area contributed by atoms with Gasteiger partial charge in [-0.25, -0.2) is 4.68 Å². The van der Waals surface area contributed by atoms with Crippen LogP contribution in [0.2, 0.25) is 0 Å². The summed E-state index contributed by atoms with van der Waals surface area (Å²) in [5.41, 5.74) is 0. The van der Waals surface area contributed by atoms with Gasteiger partial charge in [0, 0.05) is 13.7 Å². The Balaban J connectivity index is 2.27. The third kappa shape index (κ3) is 4.91. The molecular weight excluding hydrogens is 226 g/mol. The van der Waals surface area contributed by atoms with Crippen molar-refractivity contribution < 1.29 is 4.74 Å². The summed E-state index contributed by atoms with van der Waals surface area (Å²) in [5.74, 6) is 1.23. The molecule has 0 saturated carbocycles. The van der Waals surface area contributed by atoms with E-state index in [1.54, 1.807) is 11.8 Å². The predicted octanol–water partition coefficient (Wildman–Crippen LogP) is 0.615. The molecule has 6 nitrogen and oxygen atoms in total. The monoisotopic (exact) mass is 245 g/mol. The summed E-state index contributed by atoms with van der Waals surface area (Å²) < 4.78 is 6.75. The maximum absolute atomic E-state index is 4.97. The lowest BCUT2D eigenvalue weighted by atomic mass is 10.2. The van der Waals surface area contributed by atoms with Crippen LogP contribution in [0.15, 0.2) is 5.16 Å². The zero-order chi connectivity index (χ0) is 11.8. The quantitative estimate of drug-likeness (QED) is 0.411. The molecule has 16 heavy (non-hydrogen) atoms. The number of nitrogens with one attached hydrogen (secondary N) is 1. The maximum Gasteiger partial charge on any atom is 0.211 e. The van der Waals surface area contributed by atoms with E-state index in [4.69, 9.17) is 4.74 Å². The molecule has 0 radical (unpaired) electrons. The number of thioether (sulfide) groups is 1. The van der Waals surface area contributed by atoms with Gasteiger partial charge in [-0.15, -0.1) is 5.10 Å². The van der Waals surface area contributed by atoms with E-state index in [0.717, 1.165) is 24.8 Å². The molecule has 0 bridgehead atoms. The lowest BCUT2D eigenvalue weighted by Crippen LogP contribution is -2.24. The molecule has 0 aliphatic rings. The Morgan fingerprint density at radius 1 is 1.50 bits per heavy atom. The van der Waals surface area contributed by atoms with E-state index in [1.165, 1.54) is 11.8 Å². The van der Waals surface area contributed by atoms with Gasteiger partial charge in [-0.2, -0.15) is 0 Å². The van der Waals surface area contributed by atoms with E-state index in [-0.39, 0.29) is 0 Å². The molecule has 1 N–H and O–H groups in total. The Bertz CT molecular complexity index is 291. The van der Waals surface area contributed by atoms with Crippen LogP contribution >= 0.6 is 11.8 Å². The van der Waals surface area contributed by atoms with Gasteiger partial charge in [-0.1, -0.05) is 25.6 Å². The van der Waals surface area contributed by atoms with Gasteiger partial charge in [0.15, 0.2) is 0 Å². The summed E-state index contributed by atoms with van der Waals surface area (Å²) in [4.78, 5) is 0. The molecule has 1 aromatic rings. The Morgan fingerprint density at radius 2 is 2.31 bits per heavy atom.